The largest absolute Gasteiger partial charge is 0.469 e. The average molecular weight is 243 g/mol. The zero-order chi connectivity index (χ0) is 13.4. The van der Waals surface area contributed by atoms with E-state index in [9.17, 15) is 4.79 Å². The van der Waals surface area contributed by atoms with Crippen LogP contribution in [-0.2, 0) is 9.53 Å². The average Bonchev–Trinajstić information content (AvgIpc) is 2.40. The number of esters is 1. The molecule has 0 spiro atoms. The maximum absolute atomic E-state index is 9.59. The van der Waals surface area contributed by atoms with E-state index >= 15 is 0 Å². The number of nitrogens with zero attached hydrogens (tertiary/aromatic N) is 1. The molecule has 3 nitrogen and oxygen atoms in total. The van der Waals surface area contributed by atoms with Crippen LogP contribution in [-0.4, -0.2) is 18.1 Å². The topological polar surface area (TPSA) is 39.2 Å². The van der Waals surface area contributed by atoms with E-state index in [1.807, 2.05) is 37.4 Å². The highest BCUT2D eigenvalue weighted by Gasteiger charge is 1.95. The molecule has 2 aromatic rings. The summed E-state index contributed by atoms with van der Waals surface area (Å²) in [4.78, 5) is 13.8. The quantitative estimate of drug-likeness (QED) is 0.722. The van der Waals surface area contributed by atoms with Gasteiger partial charge in [0.05, 0.1) is 7.11 Å². The molecule has 0 saturated carbocycles. The summed E-state index contributed by atoms with van der Waals surface area (Å²) in [6, 6.07) is 14.5. The third kappa shape index (κ3) is 4.78. The molecule has 2 rings (SSSR count). The Kier molecular flexibility index (Phi) is 5.58. The lowest BCUT2D eigenvalue weighted by Crippen LogP contribution is -1.88. The number of carbonyl (C=O) groups is 1. The van der Waals surface area contributed by atoms with Crippen molar-refractivity contribution >= 4 is 5.97 Å². The molecule has 0 fully saturated rings. The Morgan fingerprint density at radius 1 is 1.11 bits per heavy atom. The smallest absolute Gasteiger partial charge is 0.302 e. The minimum absolute atomic E-state index is 0.245. The van der Waals surface area contributed by atoms with Crippen LogP contribution < -0.4 is 0 Å². The highest BCUT2D eigenvalue weighted by atomic mass is 16.5. The molecule has 0 saturated heterocycles. The van der Waals surface area contributed by atoms with Gasteiger partial charge in [-0.3, -0.25) is 9.78 Å². The molecule has 3 heteroatoms. The molecule has 1 heterocycles. The van der Waals surface area contributed by atoms with Crippen molar-refractivity contribution in [1.82, 2.24) is 4.98 Å². The summed E-state index contributed by atoms with van der Waals surface area (Å²) in [5.74, 6) is -0.245. The van der Waals surface area contributed by atoms with Crippen LogP contribution in [0.15, 0.2) is 48.7 Å². The number of benzene rings is 1. The minimum Gasteiger partial charge on any atom is -0.469 e. The summed E-state index contributed by atoms with van der Waals surface area (Å²) >= 11 is 0. The fraction of sp³-hybridized carbons (Fsp3) is 0.200. The summed E-state index contributed by atoms with van der Waals surface area (Å²) in [6.07, 6.45) is 1.84. The molecule has 0 amide bonds. The standard InChI is InChI=1S/C12H11N.C3H6O2/c1-10-9-12(7-8-13-10)11-5-3-2-4-6-11;1-3(4)5-2/h2-9H,1H3;1-2H3. The molecule has 0 bridgehead atoms. The van der Waals surface area contributed by atoms with Crippen LogP contribution in [0.5, 0.6) is 0 Å². The van der Waals surface area contributed by atoms with E-state index in [4.69, 9.17) is 0 Å². The summed E-state index contributed by atoms with van der Waals surface area (Å²) in [5.41, 5.74) is 3.53. The molecule has 0 aliphatic carbocycles. The van der Waals surface area contributed by atoms with E-state index in [-0.39, 0.29) is 5.97 Å². The monoisotopic (exact) mass is 243 g/mol. The van der Waals surface area contributed by atoms with Crippen LogP contribution in [0.1, 0.15) is 12.6 Å². The van der Waals surface area contributed by atoms with Gasteiger partial charge in [-0.25, -0.2) is 0 Å². The number of ether oxygens (including phenoxy) is 1. The number of aryl methyl sites for hydroxylation is 1. The molecular weight excluding hydrogens is 226 g/mol. The molecule has 0 aliphatic heterocycles. The second-order valence-electron chi connectivity index (χ2n) is 3.75. The van der Waals surface area contributed by atoms with Crippen LogP contribution >= 0.6 is 0 Å². The first-order valence-corrected chi connectivity index (χ1v) is 5.66. The van der Waals surface area contributed by atoms with E-state index in [1.165, 1.54) is 25.2 Å². The van der Waals surface area contributed by atoms with E-state index in [0.29, 0.717) is 0 Å². The number of pyridine rings is 1. The summed E-state index contributed by atoms with van der Waals surface area (Å²) in [6.45, 7) is 3.37. The molecule has 0 aliphatic rings. The zero-order valence-corrected chi connectivity index (χ0v) is 10.9. The molecule has 18 heavy (non-hydrogen) atoms. The highest BCUT2D eigenvalue weighted by molar-refractivity contribution is 5.65. The lowest BCUT2D eigenvalue weighted by Gasteiger charge is -2.00. The first-order chi connectivity index (χ1) is 8.63. The van der Waals surface area contributed by atoms with Crippen LogP contribution in [0.25, 0.3) is 11.1 Å². The zero-order valence-electron chi connectivity index (χ0n) is 10.9. The van der Waals surface area contributed by atoms with Gasteiger partial charge in [-0.1, -0.05) is 30.3 Å². The number of hydrogen-bond acceptors (Lipinski definition) is 3. The van der Waals surface area contributed by atoms with Crippen molar-refractivity contribution in [3.05, 3.63) is 54.4 Å². The fourth-order valence-corrected chi connectivity index (χ4v) is 1.36. The van der Waals surface area contributed by atoms with Gasteiger partial charge in [0, 0.05) is 18.8 Å². The van der Waals surface area contributed by atoms with Gasteiger partial charge >= 0.3 is 5.97 Å². The van der Waals surface area contributed by atoms with Crippen LogP contribution in [0.3, 0.4) is 0 Å². The number of carbonyl (C=O) groups excluding carboxylic acids is 1. The SMILES string of the molecule is COC(C)=O.Cc1cc(-c2ccccc2)ccn1. The highest BCUT2D eigenvalue weighted by Crippen LogP contribution is 2.18. The Hall–Kier alpha value is -2.16. The van der Waals surface area contributed by atoms with Crippen molar-refractivity contribution < 1.29 is 9.53 Å². The van der Waals surface area contributed by atoms with E-state index in [0.717, 1.165) is 5.69 Å². The maximum atomic E-state index is 9.59. The molecule has 0 unspecified atom stereocenters. The lowest BCUT2D eigenvalue weighted by molar-refractivity contribution is -0.137. The molecule has 0 atom stereocenters. The molecule has 0 radical (unpaired) electrons. The van der Waals surface area contributed by atoms with Crippen LogP contribution in [0.2, 0.25) is 0 Å². The van der Waals surface area contributed by atoms with E-state index in [2.05, 4.69) is 27.9 Å². The van der Waals surface area contributed by atoms with Gasteiger partial charge in [0.2, 0.25) is 0 Å². The molecule has 1 aromatic heterocycles. The van der Waals surface area contributed by atoms with Gasteiger partial charge < -0.3 is 4.74 Å². The van der Waals surface area contributed by atoms with E-state index < -0.39 is 0 Å². The van der Waals surface area contributed by atoms with Crippen LogP contribution in [0.4, 0.5) is 0 Å². The summed E-state index contributed by atoms with van der Waals surface area (Å²) in [5, 5.41) is 0. The predicted octanol–water partition coefficient (Wildman–Crippen LogP) is 3.24. The van der Waals surface area contributed by atoms with Crippen molar-refractivity contribution in [1.29, 1.82) is 0 Å². The van der Waals surface area contributed by atoms with Gasteiger partial charge in [-0.2, -0.15) is 0 Å². The first-order valence-electron chi connectivity index (χ1n) is 5.66. The molecule has 0 N–H and O–H groups in total. The molecule has 94 valence electrons. The van der Waals surface area contributed by atoms with Gasteiger partial charge in [-0.05, 0) is 30.2 Å². The summed E-state index contributed by atoms with van der Waals surface area (Å²) < 4.78 is 4.11. The summed E-state index contributed by atoms with van der Waals surface area (Å²) in [7, 11) is 1.35. The van der Waals surface area contributed by atoms with Gasteiger partial charge in [0.25, 0.3) is 0 Å². The van der Waals surface area contributed by atoms with Gasteiger partial charge in [0.1, 0.15) is 0 Å². The normalized spacial score (nSPS) is 9.06. The second kappa shape index (κ2) is 7.22. The minimum atomic E-state index is -0.245. The Morgan fingerprint density at radius 3 is 2.22 bits per heavy atom. The van der Waals surface area contributed by atoms with Crippen molar-refractivity contribution in [3.63, 3.8) is 0 Å². The first kappa shape index (κ1) is 13.9. The lowest BCUT2D eigenvalue weighted by atomic mass is 10.1. The predicted molar refractivity (Wildman–Crippen MR) is 72.1 cm³/mol. The molecular formula is C15H17NO2. The Balaban J connectivity index is 0.000000280. The second-order valence-corrected chi connectivity index (χ2v) is 3.75. The van der Waals surface area contributed by atoms with Gasteiger partial charge in [0.15, 0.2) is 0 Å². The Morgan fingerprint density at radius 2 is 1.72 bits per heavy atom. The number of methoxy groups -OCH3 is 1. The van der Waals surface area contributed by atoms with Crippen LogP contribution in [0, 0.1) is 6.92 Å². The Labute approximate surface area is 107 Å². The van der Waals surface area contributed by atoms with Crippen molar-refractivity contribution in [2.45, 2.75) is 13.8 Å². The van der Waals surface area contributed by atoms with E-state index in [1.54, 1.807) is 0 Å². The van der Waals surface area contributed by atoms with Crippen molar-refractivity contribution in [2.75, 3.05) is 7.11 Å². The molecule has 1 aromatic carbocycles. The third-order valence-corrected chi connectivity index (χ3v) is 2.29. The third-order valence-electron chi connectivity index (χ3n) is 2.29. The Bertz CT molecular complexity index is 495. The van der Waals surface area contributed by atoms with Gasteiger partial charge in [-0.15, -0.1) is 0 Å². The number of aromatic nitrogens is 1. The number of rotatable bonds is 1. The number of hydrogen-bond donors (Lipinski definition) is 0. The van der Waals surface area contributed by atoms with Crippen molar-refractivity contribution in [2.24, 2.45) is 0 Å². The maximum Gasteiger partial charge on any atom is 0.302 e. The fourth-order valence-electron chi connectivity index (χ4n) is 1.36. The van der Waals surface area contributed by atoms with Crippen molar-refractivity contribution in [3.8, 4) is 11.1 Å².